The zero-order valence-corrected chi connectivity index (χ0v) is 10.6. The van der Waals surface area contributed by atoms with Crippen LogP contribution in [0, 0.1) is 0 Å². The number of nitrogens with two attached hydrogens (primary N) is 1. The number of rotatable bonds is 2. The van der Waals surface area contributed by atoms with E-state index >= 15 is 0 Å². The summed E-state index contributed by atoms with van der Waals surface area (Å²) >= 11 is 3.18. The molecule has 0 aliphatic rings. The van der Waals surface area contributed by atoms with E-state index < -0.39 is 11.5 Å². The molecule has 1 amide bonds. The van der Waals surface area contributed by atoms with E-state index in [0.29, 0.717) is 4.47 Å². The van der Waals surface area contributed by atoms with E-state index in [-0.39, 0.29) is 17.2 Å². The lowest BCUT2D eigenvalue weighted by Crippen LogP contribution is -2.21. The van der Waals surface area contributed by atoms with E-state index in [2.05, 4.69) is 36.2 Å². The van der Waals surface area contributed by atoms with Gasteiger partial charge in [-0.1, -0.05) is 0 Å². The minimum Gasteiger partial charge on any atom is -0.382 e. The Bertz CT molecular complexity index is 655. The van der Waals surface area contributed by atoms with Crippen LogP contribution >= 0.6 is 15.9 Å². The number of pyridine rings is 1. The zero-order valence-electron chi connectivity index (χ0n) is 8.98. The van der Waals surface area contributed by atoms with Gasteiger partial charge in [-0.05, 0) is 22.0 Å². The number of amides is 1. The third kappa shape index (κ3) is 2.54. The highest BCUT2D eigenvalue weighted by Crippen LogP contribution is 2.12. The van der Waals surface area contributed by atoms with Crippen LogP contribution in [0.5, 0.6) is 0 Å². The van der Waals surface area contributed by atoms with Crippen molar-refractivity contribution in [1.82, 2.24) is 15.0 Å². The first-order valence-electron chi connectivity index (χ1n) is 4.84. The predicted octanol–water partition coefficient (Wildman–Crippen LogP) is 0.762. The molecular weight excluding hydrogens is 302 g/mol. The van der Waals surface area contributed by atoms with E-state index in [1.807, 2.05) is 0 Å². The summed E-state index contributed by atoms with van der Waals surface area (Å²) < 4.78 is 0.629. The molecule has 0 bridgehead atoms. The molecule has 0 fully saturated rings. The minimum atomic E-state index is -0.593. The number of aromatic amines is 1. The van der Waals surface area contributed by atoms with Crippen molar-refractivity contribution < 1.29 is 4.79 Å². The van der Waals surface area contributed by atoms with Crippen molar-refractivity contribution in [3.05, 3.63) is 45.2 Å². The van der Waals surface area contributed by atoms with E-state index in [1.54, 1.807) is 0 Å². The molecule has 0 spiro atoms. The number of anilines is 2. The Hall–Kier alpha value is -2.22. The third-order valence-corrected chi connectivity index (χ3v) is 2.52. The van der Waals surface area contributed by atoms with E-state index in [0.717, 1.165) is 0 Å². The summed E-state index contributed by atoms with van der Waals surface area (Å²) in [7, 11) is 0. The van der Waals surface area contributed by atoms with Crippen LogP contribution in [0.1, 0.15) is 10.5 Å². The molecular formula is C10H8BrN5O2. The molecule has 0 atom stereocenters. The summed E-state index contributed by atoms with van der Waals surface area (Å²) in [6.07, 6.45) is 4.18. The Labute approximate surface area is 110 Å². The molecule has 8 heteroatoms. The molecule has 0 saturated heterocycles. The molecule has 92 valence electrons. The highest BCUT2D eigenvalue weighted by molar-refractivity contribution is 9.10. The monoisotopic (exact) mass is 309 g/mol. The highest BCUT2D eigenvalue weighted by atomic mass is 79.9. The molecule has 2 heterocycles. The Morgan fingerprint density at radius 1 is 1.39 bits per heavy atom. The van der Waals surface area contributed by atoms with Gasteiger partial charge in [0.15, 0.2) is 11.5 Å². The second kappa shape index (κ2) is 4.96. The van der Waals surface area contributed by atoms with Gasteiger partial charge in [0.05, 0.1) is 0 Å². The van der Waals surface area contributed by atoms with Crippen molar-refractivity contribution in [3.8, 4) is 0 Å². The Morgan fingerprint density at radius 2 is 2.11 bits per heavy atom. The molecule has 2 aromatic heterocycles. The highest BCUT2D eigenvalue weighted by Gasteiger charge is 2.13. The standard InChI is InChI=1S/C10H8BrN5O2/c11-5-3-6(9(17)15-4-5)16-10(18)7-8(12)14-2-1-13-7/h1-4H,(H2,12,14)(H,15,17)(H,16,18). The average molecular weight is 310 g/mol. The quantitative estimate of drug-likeness (QED) is 0.758. The number of nitrogens with one attached hydrogen (secondary N) is 2. The lowest BCUT2D eigenvalue weighted by molar-refractivity contribution is 0.102. The summed E-state index contributed by atoms with van der Waals surface area (Å²) in [4.78, 5) is 33.3. The van der Waals surface area contributed by atoms with Gasteiger partial charge >= 0.3 is 0 Å². The topological polar surface area (TPSA) is 114 Å². The van der Waals surface area contributed by atoms with Crippen molar-refractivity contribution >= 4 is 33.3 Å². The van der Waals surface area contributed by atoms with Crippen molar-refractivity contribution in [3.63, 3.8) is 0 Å². The maximum atomic E-state index is 11.8. The maximum Gasteiger partial charge on any atom is 0.278 e. The number of nitrogens with zero attached hydrogens (tertiary/aromatic N) is 2. The molecule has 0 saturated carbocycles. The molecule has 2 aromatic rings. The lowest BCUT2D eigenvalue weighted by atomic mass is 10.3. The van der Waals surface area contributed by atoms with Crippen molar-refractivity contribution in [1.29, 1.82) is 0 Å². The van der Waals surface area contributed by atoms with E-state index in [9.17, 15) is 9.59 Å². The molecule has 0 unspecified atom stereocenters. The predicted molar refractivity (Wildman–Crippen MR) is 69.2 cm³/mol. The van der Waals surface area contributed by atoms with Crippen LogP contribution in [-0.4, -0.2) is 20.9 Å². The fourth-order valence-corrected chi connectivity index (χ4v) is 1.60. The van der Waals surface area contributed by atoms with E-state index in [1.165, 1.54) is 24.7 Å². The normalized spacial score (nSPS) is 10.1. The van der Waals surface area contributed by atoms with Gasteiger partial charge in [0, 0.05) is 23.1 Å². The minimum absolute atomic E-state index is 0.00132. The SMILES string of the molecule is Nc1nccnc1C(=O)Nc1cc(Br)c[nH]c1=O. The van der Waals surface area contributed by atoms with Gasteiger partial charge in [0.25, 0.3) is 11.5 Å². The molecule has 0 aliphatic heterocycles. The van der Waals surface area contributed by atoms with Gasteiger partial charge in [-0.2, -0.15) is 0 Å². The van der Waals surface area contributed by atoms with Gasteiger partial charge in [-0.3, -0.25) is 9.59 Å². The first-order valence-corrected chi connectivity index (χ1v) is 5.63. The first kappa shape index (κ1) is 12.2. The van der Waals surface area contributed by atoms with Crippen molar-refractivity contribution in [2.45, 2.75) is 0 Å². The number of hydrogen-bond acceptors (Lipinski definition) is 5. The Morgan fingerprint density at radius 3 is 2.83 bits per heavy atom. The van der Waals surface area contributed by atoms with Gasteiger partial charge < -0.3 is 16.0 Å². The molecule has 2 rings (SSSR count). The number of hydrogen-bond donors (Lipinski definition) is 3. The fraction of sp³-hybridized carbons (Fsp3) is 0. The number of carbonyl (C=O) groups excluding carboxylic acids is 1. The average Bonchev–Trinajstić information content (AvgIpc) is 2.34. The van der Waals surface area contributed by atoms with Gasteiger partial charge in [0.1, 0.15) is 5.69 Å². The maximum absolute atomic E-state index is 11.8. The third-order valence-electron chi connectivity index (χ3n) is 2.06. The van der Waals surface area contributed by atoms with Gasteiger partial charge in [-0.15, -0.1) is 0 Å². The zero-order chi connectivity index (χ0) is 13.1. The smallest absolute Gasteiger partial charge is 0.278 e. The van der Waals surface area contributed by atoms with Gasteiger partial charge in [-0.25, -0.2) is 9.97 Å². The van der Waals surface area contributed by atoms with Gasteiger partial charge in [0.2, 0.25) is 0 Å². The molecule has 0 aliphatic carbocycles. The number of carbonyl (C=O) groups is 1. The second-order valence-electron chi connectivity index (χ2n) is 3.31. The van der Waals surface area contributed by atoms with Crippen LogP contribution in [0.25, 0.3) is 0 Å². The summed E-state index contributed by atoms with van der Waals surface area (Å²) in [5.74, 6) is -0.592. The second-order valence-corrected chi connectivity index (χ2v) is 4.22. The number of aromatic nitrogens is 3. The van der Waals surface area contributed by atoms with Crippen LogP contribution in [-0.2, 0) is 0 Å². The Balaban J connectivity index is 2.30. The largest absolute Gasteiger partial charge is 0.382 e. The summed E-state index contributed by atoms with van der Waals surface area (Å²) in [5.41, 5.74) is 5.16. The van der Waals surface area contributed by atoms with Crippen LogP contribution in [0.3, 0.4) is 0 Å². The van der Waals surface area contributed by atoms with Crippen LogP contribution < -0.4 is 16.6 Å². The molecule has 4 N–H and O–H groups in total. The fourth-order valence-electron chi connectivity index (χ4n) is 1.26. The van der Waals surface area contributed by atoms with Crippen LogP contribution in [0.15, 0.2) is 33.9 Å². The molecule has 7 nitrogen and oxygen atoms in total. The number of H-pyrrole nitrogens is 1. The lowest BCUT2D eigenvalue weighted by Gasteiger charge is -2.05. The number of halogens is 1. The Kier molecular flexibility index (Phi) is 3.38. The van der Waals surface area contributed by atoms with Crippen LogP contribution in [0.2, 0.25) is 0 Å². The molecule has 0 aromatic carbocycles. The van der Waals surface area contributed by atoms with Crippen molar-refractivity contribution in [2.75, 3.05) is 11.1 Å². The molecule has 0 radical (unpaired) electrons. The summed E-state index contributed by atoms with van der Waals surface area (Å²) in [6.45, 7) is 0. The molecule has 18 heavy (non-hydrogen) atoms. The number of nitrogen functional groups attached to an aromatic ring is 1. The van der Waals surface area contributed by atoms with E-state index in [4.69, 9.17) is 5.73 Å². The van der Waals surface area contributed by atoms with Crippen molar-refractivity contribution in [2.24, 2.45) is 0 Å². The first-order chi connectivity index (χ1) is 8.58. The summed E-state index contributed by atoms with van der Waals surface area (Å²) in [5, 5.41) is 2.41. The van der Waals surface area contributed by atoms with Crippen LogP contribution in [0.4, 0.5) is 11.5 Å². The summed E-state index contributed by atoms with van der Waals surface area (Å²) in [6, 6.07) is 1.48.